The van der Waals surface area contributed by atoms with Gasteiger partial charge in [-0.3, -0.25) is 0 Å². The smallest absolute Gasteiger partial charge is 0.456 e. The molecule has 1 saturated heterocycles. The number of hydrogen-bond acceptors (Lipinski definition) is 8. The third-order valence-electron chi connectivity index (χ3n) is 6.07. The second-order valence-corrected chi connectivity index (χ2v) is 8.36. The van der Waals surface area contributed by atoms with E-state index in [4.69, 9.17) is 9.26 Å². The second-order valence-electron chi connectivity index (χ2n) is 8.36. The molecule has 2 bridgehead atoms. The molecule has 0 spiro atoms. The number of ether oxygens (including phenoxy) is 1. The van der Waals surface area contributed by atoms with E-state index in [0.29, 0.717) is 24.9 Å². The molecule has 5 rings (SSSR count). The standard InChI is InChI=1S/C19H20F5N7O2/c1-10-25-17(33-29-10)30-7-11-4-5-12(8-30)14(11)26-16-27-15-13(3-2-6-31(15)28-16)32-9-18(20,21)19(22,23)24/h2-3,6,11-12,14H,4-5,7-9H2,1H3,(H,26,28)/t11-,12+,14?. The number of fused-ring (bicyclic) bond motifs is 3. The highest BCUT2D eigenvalue weighted by atomic mass is 19.4. The normalized spacial score (nSPS) is 23.3. The van der Waals surface area contributed by atoms with Crippen LogP contribution in [0.25, 0.3) is 5.65 Å². The maximum atomic E-state index is 13.3. The summed E-state index contributed by atoms with van der Waals surface area (Å²) in [5.41, 5.74) is 0.0455. The molecule has 2 aliphatic rings. The molecule has 2 fully saturated rings. The molecule has 0 aromatic carbocycles. The molecule has 1 saturated carbocycles. The Balaban J connectivity index is 1.30. The molecule has 14 heteroatoms. The topological polar surface area (TPSA) is 93.6 Å². The van der Waals surface area contributed by atoms with Crippen LogP contribution in [0.5, 0.6) is 5.75 Å². The highest BCUT2D eigenvalue weighted by molar-refractivity contribution is 5.56. The summed E-state index contributed by atoms with van der Waals surface area (Å²) in [7, 11) is 0. The Morgan fingerprint density at radius 1 is 1.15 bits per heavy atom. The molecule has 33 heavy (non-hydrogen) atoms. The van der Waals surface area contributed by atoms with Crippen LogP contribution in [-0.2, 0) is 0 Å². The molecular weight excluding hydrogens is 453 g/mol. The van der Waals surface area contributed by atoms with Gasteiger partial charge in [-0.15, -0.1) is 5.10 Å². The molecule has 4 heterocycles. The zero-order valence-corrected chi connectivity index (χ0v) is 17.4. The van der Waals surface area contributed by atoms with Gasteiger partial charge in [0.2, 0.25) is 5.95 Å². The van der Waals surface area contributed by atoms with Crippen molar-refractivity contribution in [2.45, 2.75) is 37.9 Å². The van der Waals surface area contributed by atoms with Crippen LogP contribution < -0.4 is 15.0 Å². The molecule has 9 nitrogen and oxygen atoms in total. The van der Waals surface area contributed by atoms with Crippen LogP contribution in [0.2, 0.25) is 0 Å². The maximum absolute atomic E-state index is 13.3. The number of nitrogens with zero attached hydrogens (tertiary/aromatic N) is 6. The third-order valence-corrected chi connectivity index (χ3v) is 6.07. The molecule has 0 amide bonds. The average molecular weight is 473 g/mol. The fourth-order valence-corrected chi connectivity index (χ4v) is 4.48. The van der Waals surface area contributed by atoms with Crippen molar-refractivity contribution in [1.82, 2.24) is 24.7 Å². The minimum Gasteiger partial charge on any atom is -0.483 e. The highest BCUT2D eigenvalue weighted by Gasteiger charge is 2.58. The highest BCUT2D eigenvalue weighted by Crippen LogP contribution is 2.40. The number of halogens is 5. The monoisotopic (exact) mass is 473 g/mol. The van der Waals surface area contributed by atoms with Gasteiger partial charge in [-0.2, -0.15) is 31.9 Å². The number of rotatable bonds is 6. The summed E-state index contributed by atoms with van der Waals surface area (Å²) in [6, 6.07) is 3.27. The Hall–Kier alpha value is -3.19. The van der Waals surface area contributed by atoms with Crippen molar-refractivity contribution in [2.75, 3.05) is 29.9 Å². The van der Waals surface area contributed by atoms with E-state index < -0.39 is 18.7 Å². The number of hydrogen-bond donors (Lipinski definition) is 1. The largest absolute Gasteiger partial charge is 0.483 e. The number of aromatic nitrogens is 5. The van der Waals surface area contributed by atoms with Gasteiger partial charge >= 0.3 is 18.1 Å². The fourth-order valence-electron chi connectivity index (χ4n) is 4.48. The first-order valence-electron chi connectivity index (χ1n) is 10.4. The Morgan fingerprint density at radius 2 is 1.88 bits per heavy atom. The van der Waals surface area contributed by atoms with Crippen molar-refractivity contribution in [1.29, 1.82) is 0 Å². The zero-order chi connectivity index (χ0) is 23.4. The lowest BCUT2D eigenvalue weighted by molar-refractivity contribution is -0.289. The van der Waals surface area contributed by atoms with Crippen LogP contribution in [-0.4, -0.2) is 62.6 Å². The van der Waals surface area contributed by atoms with Gasteiger partial charge in [0, 0.05) is 25.3 Å². The van der Waals surface area contributed by atoms with E-state index in [1.165, 1.54) is 22.8 Å². The van der Waals surface area contributed by atoms with Crippen LogP contribution in [0.15, 0.2) is 22.9 Å². The lowest BCUT2D eigenvalue weighted by Crippen LogP contribution is -2.48. The van der Waals surface area contributed by atoms with Crippen molar-refractivity contribution in [3.05, 3.63) is 24.2 Å². The van der Waals surface area contributed by atoms with Crippen LogP contribution >= 0.6 is 0 Å². The van der Waals surface area contributed by atoms with Crippen LogP contribution in [0.3, 0.4) is 0 Å². The summed E-state index contributed by atoms with van der Waals surface area (Å²) in [6.07, 6.45) is -2.22. The number of piperidine rings is 1. The molecule has 1 aliphatic carbocycles. The maximum Gasteiger partial charge on any atom is 0.456 e. The first-order chi connectivity index (χ1) is 15.6. The Kier molecular flexibility index (Phi) is 5.05. The van der Waals surface area contributed by atoms with Gasteiger partial charge in [-0.25, -0.2) is 4.52 Å². The zero-order valence-electron chi connectivity index (χ0n) is 17.4. The molecular formula is C19H20F5N7O2. The summed E-state index contributed by atoms with van der Waals surface area (Å²) in [4.78, 5) is 10.6. The predicted molar refractivity (Wildman–Crippen MR) is 104 cm³/mol. The number of aryl methyl sites for hydroxylation is 1. The molecule has 3 atom stereocenters. The van der Waals surface area contributed by atoms with Crippen molar-refractivity contribution < 1.29 is 31.2 Å². The average Bonchev–Trinajstić information content (AvgIpc) is 3.41. The van der Waals surface area contributed by atoms with Crippen LogP contribution in [0.4, 0.5) is 33.9 Å². The van der Waals surface area contributed by atoms with E-state index >= 15 is 0 Å². The molecule has 0 radical (unpaired) electrons. The van der Waals surface area contributed by atoms with Crippen LogP contribution in [0, 0.1) is 18.8 Å². The summed E-state index contributed by atoms with van der Waals surface area (Å²) >= 11 is 0. The first kappa shape index (κ1) is 21.6. The number of anilines is 2. The number of nitrogens with one attached hydrogen (secondary N) is 1. The summed E-state index contributed by atoms with van der Waals surface area (Å²) in [5.74, 6) is -3.85. The lowest BCUT2D eigenvalue weighted by atomic mass is 9.92. The quantitative estimate of drug-likeness (QED) is 0.545. The van der Waals surface area contributed by atoms with Gasteiger partial charge in [-0.05, 0) is 43.7 Å². The van der Waals surface area contributed by atoms with E-state index in [-0.39, 0.29) is 35.2 Å². The van der Waals surface area contributed by atoms with Gasteiger partial charge in [0.1, 0.15) is 0 Å². The first-order valence-corrected chi connectivity index (χ1v) is 10.4. The van der Waals surface area contributed by atoms with Crippen molar-refractivity contribution in [3.8, 4) is 5.75 Å². The van der Waals surface area contributed by atoms with Crippen molar-refractivity contribution in [3.63, 3.8) is 0 Å². The minimum absolute atomic E-state index is 0.0455. The van der Waals surface area contributed by atoms with E-state index in [9.17, 15) is 22.0 Å². The van der Waals surface area contributed by atoms with E-state index in [1.807, 2.05) is 0 Å². The van der Waals surface area contributed by atoms with Gasteiger partial charge in [0.05, 0.1) is 0 Å². The van der Waals surface area contributed by atoms with Gasteiger partial charge in [0.25, 0.3) is 0 Å². The lowest BCUT2D eigenvalue weighted by Gasteiger charge is -2.37. The van der Waals surface area contributed by atoms with E-state index in [0.717, 1.165) is 12.8 Å². The number of alkyl halides is 5. The second kappa shape index (κ2) is 7.70. The molecule has 3 aromatic heterocycles. The van der Waals surface area contributed by atoms with E-state index in [1.54, 1.807) is 6.92 Å². The predicted octanol–water partition coefficient (Wildman–Crippen LogP) is 3.32. The Morgan fingerprint density at radius 3 is 2.52 bits per heavy atom. The van der Waals surface area contributed by atoms with Crippen LogP contribution in [0.1, 0.15) is 18.7 Å². The van der Waals surface area contributed by atoms with Gasteiger partial charge in [-0.1, -0.05) is 5.16 Å². The van der Waals surface area contributed by atoms with Gasteiger partial charge in [0.15, 0.2) is 23.8 Å². The molecule has 3 aromatic rings. The van der Waals surface area contributed by atoms with Gasteiger partial charge < -0.3 is 19.5 Å². The molecule has 1 aliphatic heterocycles. The van der Waals surface area contributed by atoms with Crippen molar-refractivity contribution in [2.24, 2.45) is 11.8 Å². The van der Waals surface area contributed by atoms with Crippen molar-refractivity contribution >= 4 is 17.6 Å². The molecule has 178 valence electrons. The summed E-state index contributed by atoms with van der Waals surface area (Å²) in [6.45, 7) is 1.34. The minimum atomic E-state index is -5.70. The Bertz CT molecular complexity index is 1130. The third kappa shape index (κ3) is 4.02. The number of pyridine rings is 1. The molecule has 1 unspecified atom stereocenters. The SMILES string of the molecule is Cc1noc(N2C[C@H]3CC[C@@H](C2)C3Nc2nc3c(OCC(F)(F)C(F)(F)F)cccn3n2)n1. The summed E-state index contributed by atoms with van der Waals surface area (Å²) < 4.78 is 75.2. The van der Waals surface area contributed by atoms with E-state index in [2.05, 4.69) is 30.4 Å². The Labute approximate surface area is 183 Å². The fraction of sp³-hybridized carbons (Fsp3) is 0.579. The summed E-state index contributed by atoms with van der Waals surface area (Å²) in [5, 5.41) is 11.4. The molecule has 1 N–H and O–H groups in total.